The normalized spacial score (nSPS) is 16.7. The fourth-order valence-electron chi connectivity index (χ4n) is 1.97. The van der Waals surface area contributed by atoms with E-state index in [0.717, 1.165) is 5.92 Å². The van der Waals surface area contributed by atoms with Crippen LogP contribution in [0.3, 0.4) is 0 Å². The average molecular weight is 200 g/mol. The monoisotopic (exact) mass is 200 g/mol. The van der Waals surface area contributed by atoms with Crippen LogP contribution in [0.4, 0.5) is 0 Å². The van der Waals surface area contributed by atoms with E-state index in [1.807, 2.05) is 0 Å². The van der Waals surface area contributed by atoms with Gasteiger partial charge in [0.05, 0.1) is 7.11 Å². The quantitative estimate of drug-likeness (QED) is 0.649. The fourth-order valence-corrected chi connectivity index (χ4v) is 1.97. The molecule has 0 amide bonds. The minimum Gasteiger partial charge on any atom is -0.471 e. The molecule has 0 heterocycles. The third kappa shape index (κ3) is 8.09. The van der Waals surface area contributed by atoms with E-state index in [2.05, 4.69) is 11.7 Å². The van der Waals surface area contributed by atoms with E-state index < -0.39 is 0 Å². The van der Waals surface area contributed by atoms with Gasteiger partial charge in [-0.2, -0.15) is 0 Å². The first-order valence-corrected chi connectivity index (χ1v) is 5.81. The van der Waals surface area contributed by atoms with Gasteiger partial charge in [-0.1, -0.05) is 58.3 Å². The van der Waals surface area contributed by atoms with Crippen LogP contribution in [-0.2, 0) is 9.53 Å². The van der Waals surface area contributed by atoms with Crippen LogP contribution in [0.25, 0.3) is 0 Å². The molecular formula is C12H24O2. The topological polar surface area (TPSA) is 26.3 Å². The SMILES string of the molecule is CCCCC1CCCCC1.COC=O. The Labute approximate surface area is 88.0 Å². The van der Waals surface area contributed by atoms with Gasteiger partial charge in [0.15, 0.2) is 0 Å². The van der Waals surface area contributed by atoms with Gasteiger partial charge >= 0.3 is 0 Å². The van der Waals surface area contributed by atoms with E-state index >= 15 is 0 Å². The molecule has 0 unspecified atom stereocenters. The molecule has 1 aliphatic rings. The molecule has 14 heavy (non-hydrogen) atoms. The first-order chi connectivity index (χ1) is 6.85. The molecular weight excluding hydrogens is 176 g/mol. The molecule has 2 nitrogen and oxygen atoms in total. The van der Waals surface area contributed by atoms with Gasteiger partial charge in [0.25, 0.3) is 6.47 Å². The lowest BCUT2D eigenvalue weighted by Crippen LogP contribution is -2.05. The van der Waals surface area contributed by atoms with Crippen LogP contribution in [0.5, 0.6) is 0 Å². The number of hydrogen-bond acceptors (Lipinski definition) is 2. The number of unbranched alkanes of at least 4 members (excludes halogenated alkanes) is 1. The molecule has 1 rings (SSSR count). The van der Waals surface area contributed by atoms with E-state index in [1.165, 1.54) is 58.5 Å². The van der Waals surface area contributed by atoms with Gasteiger partial charge in [0, 0.05) is 0 Å². The second-order valence-electron chi connectivity index (χ2n) is 3.98. The number of carbonyl (C=O) groups excluding carboxylic acids is 1. The van der Waals surface area contributed by atoms with Crippen molar-refractivity contribution in [3.05, 3.63) is 0 Å². The fraction of sp³-hybridized carbons (Fsp3) is 0.917. The van der Waals surface area contributed by atoms with Crippen LogP contribution in [-0.4, -0.2) is 13.6 Å². The van der Waals surface area contributed by atoms with Crippen molar-refractivity contribution in [2.75, 3.05) is 7.11 Å². The highest BCUT2D eigenvalue weighted by Gasteiger charge is 2.11. The zero-order valence-electron chi connectivity index (χ0n) is 9.63. The number of rotatable bonds is 4. The summed E-state index contributed by atoms with van der Waals surface area (Å²) in [6.07, 6.45) is 11.9. The van der Waals surface area contributed by atoms with Crippen LogP contribution in [0.15, 0.2) is 0 Å². The Morgan fingerprint density at radius 2 is 1.86 bits per heavy atom. The molecule has 0 saturated heterocycles. The van der Waals surface area contributed by atoms with Crippen LogP contribution in [0.1, 0.15) is 58.3 Å². The third-order valence-electron chi connectivity index (χ3n) is 2.79. The van der Waals surface area contributed by atoms with Crippen molar-refractivity contribution < 1.29 is 9.53 Å². The van der Waals surface area contributed by atoms with Crippen molar-refractivity contribution >= 4 is 6.47 Å². The zero-order chi connectivity index (χ0) is 10.6. The molecule has 0 bridgehead atoms. The second-order valence-corrected chi connectivity index (χ2v) is 3.98. The van der Waals surface area contributed by atoms with Crippen molar-refractivity contribution in [1.29, 1.82) is 0 Å². The highest BCUT2D eigenvalue weighted by Crippen LogP contribution is 2.27. The Balaban J connectivity index is 0.000000364. The molecule has 0 aromatic carbocycles. The molecule has 0 N–H and O–H groups in total. The highest BCUT2D eigenvalue weighted by molar-refractivity contribution is 5.36. The summed E-state index contributed by atoms with van der Waals surface area (Å²) in [6.45, 7) is 2.67. The highest BCUT2D eigenvalue weighted by atomic mass is 16.5. The maximum absolute atomic E-state index is 8.95. The van der Waals surface area contributed by atoms with Gasteiger partial charge in [-0.05, 0) is 5.92 Å². The van der Waals surface area contributed by atoms with E-state index in [9.17, 15) is 0 Å². The van der Waals surface area contributed by atoms with Gasteiger partial charge in [-0.15, -0.1) is 0 Å². The molecule has 0 spiro atoms. The van der Waals surface area contributed by atoms with Crippen molar-refractivity contribution in [2.24, 2.45) is 5.92 Å². The largest absolute Gasteiger partial charge is 0.471 e. The summed E-state index contributed by atoms with van der Waals surface area (Å²) in [5, 5.41) is 0. The summed E-state index contributed by atoms with van der Waals surface area (Å²) >= 11 is 0. The number of methoxy groups -OCH3 is 1. The smallest absolute Gasteiger partial charge is 0.292 e. The first kappa shape index (κ1) is 13.5. The summed E-state index contributed by atoms with van der Waals surface area (Å²) in [4.78, 5) is 8.95. The molecule has 2 heteroatoms. The molecule has 0 radical (unpaired) electrons. The lowest BCUT2D eigenvalue weighted by molar-refractivity contribution is -0.126. The van der Waals surface area contributed by atoms with E-state index in [-0.39, 0.29) is 0 Å². The number of carbonyl (C=O) groups is 1. The zero-order valence-corrected chi connectivity index (χ0v) is 9.63. The maximum atomic E-state index is 8.95. The average Bonchev–Trinajstić information content (AvgIpc) is 2.28. The summed E-state index contributed by atoms with van der Waals surface area (Å²) in [5.74, 6) is 1.11. The third-order valence-corrected chi connectivity index (χ3v) is 2.79. The Morgan fingerprint density at radius 1 is 1.29 bits per heavy atom. The van der Waals surface area contributed by atoms with Gasteiger partial charge in [-0.25, -0.2) is 0 Å². The summed E-state index contributed by atoms with van der Waals surface area (Å²) in [6, 6.07) is 0. The Kier molecular flexibility index (Phi) is 10.2. The molecule has 0 atom stereocenters. The van der Waals surface area contributed by atoms with Gasteiger partial charge in [-0.3, -0.25) is 4.79 Å². The Morgan fingerprint density at radius 3 is 2.29 bits per heavy atom. The summed E-state index contributed by atoms with van der Waals surface area (Å²) in [5.41, 5.74) is 0. The molecule has 0 aliphatic heterocycles. The number of ether oxygens (including phenoxy) is 1. The van der Waals surface area contributed by atoms with Gasteiger partial charge < -0.3 is 4.74 Å². The lowest BCUT2D eigenvalue weighted by Gasteiger charge is -2.20. The maximum Gasteiger partial charge on any atom is 0.292 e. The predicted molar refractivity (Wildman–Crippen MR) is 59.2 cm³/mol. The summed E-state index contributed by atoms with van der Waals surface area (Å²) in [7, 11) is 1.31. The minimum atomic E-state index is 0.375. The van der Waals surface area contributed by atoms with E-state index in [4.69, 9.17) is 4.79 Å². The van der Waals surface area contributed by atoms with E-state index in [0.29, 0.717) is 6.47 Å². The molecule has 84 valence electrons. The van der Waals surface area contributed by atoms with Crippen molar-refractivity contribution in [2.45, 2.75) is 58.3 Å². The molecule has 0 aromatic heterocycles. The minimum absolute atomic E-state index is 0.375. The summed E-state index contributed by atoms with van der Waals surface area (Å²) < 4.78 is 3.86. The van der Waals surface area contributed by atoms with Gasteiger partial charge in [0.2, 0.25) is 0 Å². The van der Waals surface area contributed by atoms with Crippen molar-refractivity contribution in [3.8, 4) is 0 Å². The van der Waals surface area contributed by atoms with Crippen molar-refractivity contribution in [3.63, 3.8) is 0 Å². The second kappa shape index (κ2) is 10.6. The lowest BCUT2D eigenvalue weighted by atomic mass is 9.86. The Hall–Kier alpha value is -0.530. The molecule has 1 aliphatic carbocycles. The molecule has 1 saturated carbocycles. The number of hydrogen-bond donors (Lipinski definition) is 0. The molecule has 1 fully saturated rings. The van der Waals surface area contributed by atoms with E-state index in [1.54, 1.807) is 0 Å². The van der Waals surface area contributed by atoms with Crippen molar-refractivity contribution in [1.82, 2.24) is 0 Å². The van der Waals surface area contributed by atoms with Crippen LogP contribution >= 0.6 is 0 Å². The predicted octanol–water partition coefficient (Wildman–Crippen LogP) is 3.55. The van der Waals surface area contributed by atoms with Gasteiger partial charge in [0.1, 0.15) is 0 Å². The van der Waals surface area contributed by atoms with Crippen LogP contribution in [0, 0.1) is 5.92 Å². The van der Waals surface area contributed by atoms with Crippen LogP contribution < -0.4 is 0 Å². The first-order valence-electron chi connectivity index (χ1n) is 5.81. The Bertz CT molecular complexity index is 117. The van der Waals surface area contributed by atoms with Crippen LogP contribution in [0.2, 0.25) is 0 Å². The molecule has 0 aromatic rings. The standard InChI is InChI=1S/C10H20.C2H4O2/c1-2-3-7-10-8-5-4-6-9-10;1-4-2-3/h10H,2-9H2,1H3;2H,1H3.